The molecule has 1 aliphatic carbocycles. The van der Waals surface area contributed by atoms with E-state index in [-0.39, 0.29) is 24.7 Å². The topological polar surface area (TPSA) is 97.0 Å². The number of hydrogen-bond donors (Lipinski definition) is 1. The first kappa shape index (κ1) is 16.6. The van der Waals surface area contributed by atoms with Crippen LogP contribution in [-0.4, -0.2) is 37.5 Å². The molecule has 0 bridgehead atoms. The lowest BCUT2D eigenvalue weighted by molar-refractivity contribution is -0.131. The number of likely N-dealkylation sites (N-methyl/N-ethyl adjacent to an activating group) is 1. The Labute approximate surface area is 149 Å². The summed E-state index contributed by atoms with van der Waals surface area (Å²) in [5.74, 6) is 1.33. The van der Waals surface area contributed by atoms with Gasteiger partial charge in [0.25, 0.3) is 0 Å². The summed E-state index contributed by atoms with van der Waals surface area (Å²) in [5.41, 5.74) is 1.13. The molecule has 26 heavy (non-hydrogen) atoms. The van der Waals surface area contributed by atoms with E-state index in [1.165, 1.54) is 22.3 Å². The van der Waals surface area contributed by atoms with Crippen LogP contribution < -0.4 is 5.69 Å². The number of aromatic amines is 1. The molecule has 0 atom stereocenters. The van der Waals surface area contributed by atoms with Gasteiger partial charge in [-0.1, -0.05) is 30.1 Å². The molecule has 1 aromatic carbocycles. The summed E-state index contributed by atoms with van der Waals surface area (Å²) in [6, 6.07) is 7.30. The van der Waals surface area contributed by atoms with E-state index in [1.54, 1.807) is 7.05 Å². The summed E-state index contributed by atoms with van der Waals surface area (Å²) < 4.78 is 6.79. The van der Waals surface area contributed by atoms with Crippen molar-refractivity contribution >= 4 is 16.9 Å². The summed E-state index contributed by atoms with van der Waals surface area (Å²) in [6.07, 6.45) is 4.56. The van der Waals surface area contributed by atoms with Crippen molar-refractivity contribution in [3.05, 3.63) is 46.5 Å². The van der Waals surface area contributed by atoms with Crippen molar-refractivity contribution in [1.29, 1.82) is 0 Å². The Morgan fingerprint density at radius 2 is 2.12 bits per heavy atom. The van der Waals surface area contributed by atoms with Gasteiger partial charge in [0, 0.05) is 13.0 Å². The number of benzene rings is 1. The first-order valence-electron chi connectivity index (χ1n) is 8.86. The van der Waals surface area contributed by atoms with Gasteiger partial charge in [0.05, 0.1) is 17.6 Å². The normalized spacial score (nSPS) is 15.0. The van der Waals surface area contributed by atoms with Crippen LogP contribution in [-0.2, 0) is 17.9 Å². The molecule has 0 aliphatic heterocycles. The standard InChI is InChI=1S/C18H21N5O3/c1-22(10-15-20-17(26-21-15)12-6-2-3-7-12)16(24)11-23-14-9-5-4-8-13(14)19-18(23)25/h4-5,8-9,12H,2-3,6-7,10-11H2,1H3,(H,19,25). The molecule has 1 N–H and O–H groups in total. The highest BCUT2D eigenvalue weighted by Gasteiger charge is 2.23. The third-order valence-corrected chi connectivity index (χ3v) is 4.97. The zero-order valence-electron chi connectivity index (χ0n) is 14.6. The molecule has 0 saturated heterocycles. The maximum atomic E-state index is 12.5. The Bertz CT molecular complexity index is 980. The van der Waals surface area contributed by atoms with Crippen LogP contribution in [0.2, 0.25) is 0 Å². The quantitative estimate of drug-likeness (QED) is 0.755. The number of fused-ring (bicyclic) bond motifs is 1. The Morgan fingerprint density at radius 3 is 2.92 bits per heavy atom. The Hall–Kier alpha value is -2.90. The Morgan fingerprint density at radius 1 is 1.35 bits per heavy atom. The molecule has 1 aliphatic rings. The molecule has 8 heteroatoms. The third-order valence-electron chi connectivity index (χ3n) is 4.97. The van der Waals surface area contributed by atoms with E-state index >= 15 is 0 Å². The second kappa shape index (κ2) is 6.78. The summed E-state index contributed by atoms with van der Waals surface area (Å²) in [4.78, 5) is 33.3. The fourth-order valence-electron chi connectivity index (χ4n) is 3.49. The number of imidazole rings is 1. The summed E-state index contributed by atoms with van der Waals surface area (Å²) in [7, 11) is 1.67. The number of H-pyrrole nitrogens is 1. The van der Waals surface area contributed by atoms with Crippen molar-refractivity contribution in [2.24, 2.45) is 0 Å². The van der Waals surface area contributed by atoms with E-state index in [9.17, 15) is 9.59 Å². The maximum Gasteiger partial charge on any atom is 0.326 e. The van der Waals surface area contributed by atoms with Gasteiger partial charge in [-0.25, -0.2) is 4.79 Å². The van der Waals surface area contributed by atoms with Gasteiger partial charge in [-0.05, 0) is 25.0 Å². The Balaban J connectivity index is 1.44. The van der Waals surface area contributed by atoms with Gasteiger partial charge >= 0.3 is 5.69 Å². The number of hydrogen-bond acceptors (Lipinski definition) is 5. The average molecular weight is 355 g/mol. The molecular formula is C18H21N5O3. The van der Waals surface area contributed by atoms with Crippen molar-refractivity contribution in [3.8, 4) is 0 Å². The van der Waals surface area contributed by atoms with Crippen molar-refractivity contribution in [2.45, 2.75) is 44.7 Å². The highest BCUT2D eigenvalue weighted by molar-refractivity contribution is 5.80. The minimum atomic E-state index is -0.295. The molecule has 1 saturated carbocycles. The molecular weight excluding hydrogens is 334 g/mol. The zero-order chi connectivity index (χ0) is 18.1. The molecule has 0 unspecified atom stereocenters. The van der Waals surface area contributed by atoms with Gasteiger partial charge in [0.1, 0.15) is 6.54 Å². The number of amides is 1. The minimum absolute atomic E-state index is 0.0350. The molecule has 4 rings (SSSR count). The summed E-state index contributed by atoms with van der Waals surface area (Å²) >= 11 is 0. The molecule has 3 aromatic rings. The lowest BCUT2D eigenvalue weighted by Crippen LogP contribution is -2.33. The van der Waals surface area contributed by atoms with Gasteiger partial charge in [-0.2, -0.15) is 4.98 Å². The largest absolute Gasteiger partial charge is 0.339 e. The molecule has 136 valence electrons. The van der Waals surface area contributed by atoms with E-state index in [0.29, 0.717) is 28.7 Å². The number of para-hydroxylation sites is 2. The van der Waals surface area contributed by atoms with Crippen LogP contribution in [0.15, 0.2) is 33.6 Å². The molecule has 1 fully saturated rings. The van der Waals surface area contributed by atoms with Crippen LogP contribution in [0, 0.1) is 0 Å². The highest BCUT2D eigenvalue weighted by atomic mass is 16.5. The van der Waals surface area contributed by atoms with Gasteiger partial charge in [-0.3, -0.25) is 9.36 Å². The molecule has 2 heterocycles. The molecule has 0 spiro atoms. The van der Waals surface area contributed by atoms with E-state index in [1.807, 2.05) is 24.3 Å². The fraction of sp³-hybridized carbons (Fsp3) is 0.444. The van der Waals surface area contributed by atoms with Crippen LogP contribution >= 0.6 is 0 Å². The molecule has 0 radical (unpaired) electrons. The van der Waals surface area contributed by atoms with Crippen molar-refractivity contribution in [2.75, 3.05) is 7.05 Å². The predicted octanol–water partition coefficient (Wildman–Crippen LogP) is 2.03. The maximum absolute atomic E-state index is 12.5. The van der Waals surface area contributed by atoms with Crippen LogP contribution in [0.4, 0.5) is 0 Å². The monoisotopic (exact) mass is 355 g/mol. The Kier molecular flexibility index (Phi) is 4.32. The number of carbonyl (C=O) groups is 1. The van der Waals surface area contributed by atoms with E-state index in [2.05, 4.69) is 15.1 Å². The van der Waals surface area contributed by atoms with Gasteiger partial charge < -0.3 is 14.4 Å². The number of carbonyl (C=O) groups excluding carboxylic acids is 1. The number of nitrogens with one attached hydrogen (secondary N) is 1. The third kappa shape index (κ3) is 3.14. The zero-order valence-corrected chi connectivity index (χ0v) is 14.6. The van der Waals surface area contributed by atoms with E-state index < -0.39 is 0 Å². The minimum Gasteiger partial charge on any atom is -0.339 e. The van der Waals surface area contributed by atoms with E-state index in [0.717, 1.165) is 12.8 Å². The second-order valence-corrected chi connectivity index (χ2v) is 6.81. The smallest absolute Gasteiger partial charge is 0.326 e. The fourth-order valence-corrected chi connectivity index (χ4v) is 3.49. The highest BCUT2D eigenvalue weighted by Crippen LogP contribution is 2.32. The van der Waals surface area contributed by atoms with Crippen LogP contribution in [0.1, 0.15) is 43.3 Å². The lowest BCUT2D eigenvalue weighted by Gasteiger charge is -2.15. The summed E-state index contributed by atoms with van der Waals surface area (Å²) in [6.45, 7) is 0.221. The SMILES string of the molecule is CN(Cc1noc(C2CCCC2)n1)C(=O)Cn1c(=O)[nH]c2ccccc21. The summed E-state index contributed by atoms with van der Waals surface area (Å²) in [5, 5.41) is 3.99. The van der Waals surface area contributed by atoms with Crippen molar-refractivity contribution < 1.29 is 9.32 Å². The molecule has 8 nitrogen and oxygen atoms in total. The second-order valence-electron chi connectivity index (χ2n) is 6.81. The van der Waals surface area contributed by atoms with Gasteiger partial charge in [0.2, 0.25) is 11.8 Å². The van der Waals surface area contributed by atoms with Gasteiger partial charge in [-0.15, -0.1) is 0 Å². The molecule has 2 aromatic heterocycles. The average Bonchev–Trinajstić information content (AvgIpc) is 3.36. The number of rotatable bonds is 5. The van der Waals surface area contributed by atoms with Crippen LogP contribution in [0.5, 0.6) is 0 Å². The van der Waals surface area contributed by atoms with Gasteiger partial charge in [0.15, 0.2) is 5.82 Å². The predicted molar refractivity (Wildman–Crippen MR) is 94.5 cm³/mol. The first-order chi connectivity index (χ1) is 12.6. The molecule has 1 amide bonds. The van der Waals surface area contributed by atoms with Crippen molar-refractivity contribution in [3.63, 3.8) is 0 Å². The first-order valence-corrected chi connectivity index (χ1v) is 8.86. The van der Waals surface area contributed by atoms with E-state index in [4.69, 9.17) is 4.52 Å². The number of aromatic nitrogens is 4. The van der Waals surface area contributed by atoms with Crippen molar-refractivity contribution in [1.82, 2.24) is 24.6 Å². The van der Waals surface area contributed by atoms with Crippen LogP contribution in [0.25, 0.3) is 11.0 Å². The lowest BCUT2D eigenvalue weighted by atomic mass is 10.1. The number of nitrogens with zero attached hydrogens (tertiary/aromatic N) is 4. The van der Waals surface area contributed by atoms with Crippen LogP contribution in [0.3, 0.4) is 0 Å².